The van der Waals surface area contributed by atoms with E-state index in [0.717, 1.165) is 135 Å². The van der Waals surface area contributed by atoms with Crippen LogP contribution >= 0.6 is 0 Å². The highest BCUT2D eigenvalue weighted by Crippen LogP contribution is 2.66. The van der Waals surface area contributed by atoms with Gasteiger partial charge in [-0.1, -0.05) is 428 Å². The van der Waals surface area contributed by atoms with Gasteiger partial charge in [-0.05, 0) is 280 Å². The number of hydrogen-bond donors (Lipinski definition) is 0. The van der Waals surface area contributed by atoms with Gasteiger partial charge in [0.15, 0.2) is 0 Å². The molecule has 0 atom stereocenters. The Labute approximate surface area is 862 Å². The van der Waals surface area contributed by atoms with Gasteiger partial charge in [0.1, 0.15) is 0 Å². The van der Waals surface area contributed by atoms with Crippen LogP contribution < -0.4 is 52.4 Å². The smallest absolute Gasteiger partial charge is 0.252 e. The molecule has 5 heterocycles. The second-order valence-electron chi connectivity index (χ2n) is 47.9. The van der Waals surface area contributed by atoms with E-state index in [-0.39, 0.29) is 45.9 Å². The molecule has 6 aliphatic rings. The Bertz CT molecular complexity index is 8520. The Morgan fingerprint density at radius 3 is 0.890 bits per heavy atom. The lowest BCUT2D eigenvalue weighted by Gasteiger charge is -2.48. The van der Waals surface area contributed by atoms with Gasteiger partial charge in [0.25, 0.3) is 13.4 Å². The maximum absolute atomic E-state index is 2.83. The first-order valence-electron chi connectivity index (χ1n) is 52.5. The molecule has 4 aliphatic heterocycles. The van der Waals surface area contributed by atoms with Gasteiger partial charge in [-0.25, -0.2) is 0 Å². The van der Waals surface area contributed by atoms with E-state index in [1.165, 1.54) is 127 Å². The minimum Gasteiger partial charge on any atom is -0.311 e. The summed E-state index contributed by atoms with van der Waals surface area (Å²) < 4.78 is 2.59. The molecule has 2 aliphatic carbocycles. The van der Waals surface area contributed by atoms with E-state index in [4.69, 9.17) is 0 Å². The van der Waals surface area contributed by atoms with Crippen molar-refractivity contribution in [1.29, 1.82) is 0 Å². The summed E-state index contributed by atoms with van der Waals surface area (Å²) >= 11 is 0. The van der Waals surface area contributed by atoms with E-state index in [0.29, 0.717) is 0 Å². The fourth-order valence-electron chi connectivity index (χ4n) is 25.5. The molecule has 0 N–H and O–H groups in total. The van der Waals surface area contributed by atoms with Crippen LogP contribution in [0.2, 0.25) is 0 Å². The molecule has 1 aromatic heterocycles. The van der Waals surface area contributed by atoms with Crippen molar-refractivity contribution in [2.24, 2.45) is 0 Å². The van der Waals surface area contributed by atoms with Gasteiger partial charge in [0.05, 0.1) is 33.5 Å². The number of aromatic nitrogens is 1. The molecule has 0 fully saturated rings. The van der Waals surface area contributed by atoms with Crippen LogP contribution in [0, 0.1) is 0 Å². The van der Waals surface area contributed by atoms with Crippen molar-refractivity contribution in [1.82, 2.24) is 4.57 Å². The maximum Gasteiger partial charge on any atom is 0.252 e. The molecule has 0 unspecified atom stereocenters. The third-order valence-electron chi connectivity index (χ3n) is 32.8. The summed E-state index contributed by atoms with van der Waals surface area (Å²) in [6.45, 7) is 42.4. The highest BCUT2D eigenvalue weighted by molar-refractivity contribution is 7.03. The highest BCUT2D eigenvalue weighted by atomic mass is 15.2. The second kappa shape index (κ2) is 32.7. The van der Waals surface area contributed by atoms with Crippen LogP contribution in [0.15, 0.2) is 406 Å². The highest BCUT2D eigenvalue weighted by Gasteiger charge is 2.55. The van der Waals surface area contributed by atoms with Gasteiger partial charge >= 0.3 is 0 Å². The van der Waals surface area contributed by atoms with Gasteiger partial charge in [-0.15, -0.1) is 0 Å². The van der Waals surface area contributed by atoms with Crippen LogP contribution in [0.5, 0.6) is 0 Å². The molecule has 7 heteroatoms. The summed E-state index contributed by atoms with van der Waals surface area (Å²) in [5.74, 6) is 0. The minimum absolute atomic E-state index is 0.212. The summed E-state index contributed by atoms with van der Waals surface area (Å²) in [6, 6.07) is 160. The lowest BCUT2D eigenvalue weighted by molar-refractivity contribution is 0.568. The van der Waals surface area contributed by atoms with Crippen LogP contribution in [0.3, 0.4) is 0 Å². The molecular formula is C139H121B2N5. The first kappa shape index (κ1) is 90.3. The van der Waals surface area contributed by atoms with Crippen LogP contribution in [0.1, 0.15) is 180 Å². The number of benzene rings is 19. The lowest BCUT2D eigenvalue weighted by Crippen LogP contribution is -2.65. The molecule has 5 nitrogen and oxygen atoms in total. The number of rotatable bonds is 10. The Morgan fingerprint density at radius 2 is 0.486 bits per heavy atom. The molecule has 0 amide bonds. The summed E-state index contributed by atoms with van der Waals surface area (Å²) in [7, 11) is 0. The van der Waals surface area contributed by atoms with Gasteiger partial charge in [-0.2, -0.15) is 0 Å². The standard InChI is InChI=1S/C139H121B2N5/c1-133(2,3)91-72-92(134(4,5)6)75-97(74-91)143-120-68-43-39-64-114(120)140-117-84-116-122(85-123(117)146(127-83-99(82-126(143)130(127)140)142-118-66-41-34-57-104(118)105-58-35-42-67-119(105)142)132-109(88-50-27-21-28-51-88)80-96(138(16,17)18)81-110(132)89-52-29-22-30-53-89)144(98-76-93(135(7,8)9)73-94(77-98)136(10,11)12)124-70-90(100-59-45-60-106-103-56-33-38-63-113(103)139(128(100)106)111-61-36-31-54-101(111)102-55-32-37-62-112(102)139)71-125-129(124)141(116)115-65-40-44-69-121(115)145(125)131-107(86-46-23-19-24-47-86)78-95(137(13,14)15)79-108(131)87-48-25-20-26-49-87/h19-85H,1-18H3. The quantitative estimate of drug-likeness (QED) is 0.127. The molecule has 708 valence electrons. The van der Waals surface area contributed by atoms with Gasteiger partial charge < -0.3 is 24.2 Å². The lowest BCUT2D eigenvalue weighted by atomic mass is 9.30. The third kappa shape index (κ3) is 13.9. The van der Waals surface area contributed by atoms with Crippen LogP contribution in [0.25, 0.3) is 105 Å². The summed E-state index contributed by atoms with van der Waals surface area (Å²) in [5, 5.41) is 2.41. The number of fused-ring (bicyclic) bond motifs is 21. The predicted octanol–water partition coefficient (Wildman–Crippen LogP) is 33.4. The monoisotopic (exact) mass is 1880 g/mol. The van der Waals surface area contributed by atoms with E-state index in [1.807, 2.05) is 0 Å². The van der Waals surface area contributed by atoms with Crippen molar-refractivity contribution in [2.45, 2.75) is 163 Å². The zero-order valence-electron chi connectivity index (χ0n) is 87.1. The molecule has 19 aromatic carbocycles. The van der Waals surface area contributed by atoms with E-state index in [1.54, 1.807) is 0 Å². The van der Waals surface area contributed by atoms with Crippen molar-refractivity contribution in [3.05, 3.63) is 462 Å². The van der Waals surface area contributed by atoms with Crippen LogP contribution in [0.4, 0.5) is 68.2 Å². The average Bonchev–Trinajstić information content (AvgIpc) is 1.11. The Kier molecular flexibility index (Phi) is 20.2. The predicted molar refractivity (Wildman–Crippen MR) is 625 cm³/mol. The number of nitrogens with zero attached hydrogens (tertiary/aromatic N) is 5. The normalized spacial score (nSPS) is 14.1. The Hall–Kier alpha value is -15.7. The zero-order chi connectivity index (χ0) is 100. The van der Waals surface area contributed by atoms with Crippen LogP contribution in [-0.4, -0.2) is 18.0 Å². The fraction of sp³-hybridized carbons (Fsp3) is 0.180. The van der Waals surface area contributed by atoms with Crippen molar-refractivity contribution in [3.8, 4) is 83.6 Å². The minimum atomic E-state index is -0.709. The molecule has 26 rings (SSSR count). The summed E-state index contributed by atoms with van der Waals surface area (Å²) in [6.07, 6.45) is 0. The fourth-order valence-corrected chi connectivity index (χ4v) is 25.5. The third-order valence-corrected chi connectivity index (χ3v) is 32.8. The van der Waals surface area contributed by atoms with Crippen LogP contribution in [-0.2, 0) is 37.9 Å². The van der Waals surface area contributed by atoms with Gasteiger partial charge in [0.2, 0.25) is 0 Å². The molecule has 0 radical (unpaired) electrons. The second-order valence-corrected chi connectivity index (χ2v) is 47.9. The summed E-state index contributed by atoms with van der Waals surface area (Å²) in [5.41, 5.74) is 51.3. The number of hydrogen-bond acceptors (Lipinski definition) is 4. The first-order chi connectivity index (χ1) is 70.2. The summed E-state index contributed by atoms with van der Waals surface area (Å²) in [4.78, 5) is 11.1. The molecule has 0 saturated carbocycles. The molecule has 0 saturated heterocycles. The molecule has 1 spiro atoms. The maximum atomic E-state index is 2.83. The van der Waals surface area contributed by atoms with Crippen molar-refractivity contribution in [3.63, 3.8) is 0 Å². The van der Waals surface area contributed by atoms with Gasteiger partial charge in [0, 0.05) is 89.9 Å². The number of para-hydroxylation sites is 4. The molecule has 0 bridgehead atoms. The van der Waals surface area contributed by atoms with Gasteiger partial charge in [-0.3, -0.25) is 0 Å². The van der Waals surface area contributed by atoms with E-state index < -0.39 is 5.41 Å². The van der Waals surface area contributed by atoms with E-state index in [9.17, 15) is 0 Å². The average molecular weight is 1880 g/mol. The molecule has 20 aromatic rings. The Balaban J connectivity index is 0.871. The molecule has 146 heavy (non-hydrogen) atoms. The topological polar surface area (TPSA) is 17.9 Å². The van der Waals surface area contributed by atoms with E-state index in [2.05, 4.69) is 555 Å². The first-order valence-corrected chi connectivity index (χ1v) is 52.5. The van der Waals surface area contributed by atoms with E-state index >= 15 is 0 Å². The molecular weight excluding hydrogens is 1760 g/mol. The Morgan fingerprint density at radius 1 is 0.192 bits per heavy atom. The zero-order valence-corrected chi connectivity index (χ0v) is 87.1. The SMILES string of the molecule is CC(C)(C)c1cc(N2c3cc4c(cc3B3c5ccccc5N(c5c(-c6ccccc6)cc(C(C)(C)C)cc5-c5ccccc5)c5cc(-c6cccc7c6C6(c8ccccc8-c8ccccc86)c6ccccc6-7)cc2c53)B2c3ccccc3N(c3cc(C(C)(C)C)cc(C(C)(C)C)c3)c3cc(-n5c6ccccc6c6ccccc65)cc(c32)N4c2c(-c3ccccc3)cc(C(C)(C)C)cc2-c2ccccc2)cc(C(C)(C)C)c1. The van der Waals surface area contributed by atoms with Crippen molar-refractivity contribution >= 4 is 136 Å². The van der Waals surface area contributed by atoms with Crippen molar-refractivity contribution in [2.75, 3.05) is 19.6 Å². The van der Waals surface area contributed by atoms with Crippen molar-refractivity contribution < 1.29 is 0 Å². The number of anilines is 12. The largest absolute Gasteiger partial charge is 0.311 e.